The van der Waals surface area contributed by atoms with Crippen LogP contribution >= 0.6 is 0 Å². The summed E-state index contributed by atoms with van der Waals surface area (Å²) in [4.78, 5) is 3.20. The van der Waals surface area contributed by atoms with Crippen LogP contribution in [0.1, 0.15) is 12.8 Å². The van der Waals surface area contributed by atoms with Crippen LogP contribution in [0.25, 0.3) is 0 Å². The first-order valence-electron chi connectivity index (χ1n) is 2.53. The van der Waals surface area contributed by atoms with Gasteiger partial charge in [-0.05, 0) is 12.8 Å². The van der Waals surface area contributed by atoms with Crippen LogP contribution in [0.15, 0.2) is 4.99 Å². The predicted molar refractivity (Wildman–Crippen MR) is 29.2 cm³/mol. The monoisotopic (exact) mass is 108 g/mol. The van der Waals surface area contributed by atoms with Gasteiger partial charge in [0.15, 0.2) is 6.34 Å². The molecule has 8 heavy (non-hydrogen) atoms. The van der Waals surface area contributed by atoms with Gasteiger partial charge in [0, 0.05) is 6.04 Å². The second-order valence-corrected chi connectivity index (χ2v) is 1.74. The zero-order valence-electron chi connectivity index (χ0n) is 4.39. The van der Waals surface area contributed by atoms with Crippen molar-refractivity contribution in [2.24, 2.45) is 4.99 Å². The minimum absolute atomic E-state index is 0.548. The molecule has 0 spiro atoms. The maximum atomic E-state index is 7.88. The topological polar surface area (TPSA) is 48.2 Å². The van der Waals surface area contributed by atoms with Crippen molar-refractivity contribution in [2.75, 3.05) is 0 Å². The second kappa shape index (κ2) is 2.31. The third-order valence-corrected chi connectivity index (χ3v) is 0.952. The molecule has 0 bridgehead atoms. The standard InChI is InChI=1S/C5H6N3/c6-3-7-4-8-5-1-2-5/h5H,1-2H2,(H,7,8). The maximum Gasteiger partial charge on any atom is 0.207 e. The normalized spacial score (nSPS) is 18.4. The molecule has 0 aromatic carbocycles. The molecule has 0 saturated heterocycles. The van der Waals surface area contributed by atoms with E-state index in [1.54, 1.807) is 6.19 Å². The highest BCUT2D eigenvalue weighted by Crippen LogP contribution is 2.17. The molecule has 1 rings (SSSR count). The Bertz CT molecular complexity index is 129. The number of rotatable bonds is 2. The number of hydrogen-bond donors (Lipinski definition) is 1. The Hall–Kier alpha value is -1.04. The molecule has 1 aliphatic rings. The highest BCUT2D eigenvalue weighted by Gasteiger charge is 2.19. The molecule has 3 nitrogen and oxygen atoms in total. The lowest BCUT2D eigenvalue weighted by molar-refractivity contribution is 0.927. The highest BCUT2D eigenvalue weighted by atomic mass is 15.0. The number of nitrogens with one attached hydrogen (secondary N) is 1. The van der Waals surface area contributed by atoms with Gasteiger partial charge in [-0.25, -0.2) is 0 Å². The lowest BCUT2D eigenvalue weighted by Crippen LogP contribution is -2.12. The van der Waals surface area contributed by atoms with Crippen molar-refractivity contribution in [3.8, 4) is 6.19 Å². The first-order valence-corrected chi connectivity index (χ1v) is 2.53. The first-order chi connectivity index (χ1) is 3.93. The van der Waals surface area contributed by atoms with E-state index in [0.29, 0.717) is 6.04 Å². The largest absolute Gasteiger partial charge is 0.364 e. The van der Waals surface area contributed by atoms with Crippen LogP contribution in [0.3, 0.4) is 0 Å². The fourth-order valence-corrected chi connectivity index (χ4v) is 0.376. The third kappa shape index (κ3) is 1.61. The van der Waals surface area contributed by atoms with E-state index in [1.165, 1.54) is 12.8 Å². The van der Waals surface area contributed by atoms with Crippen LogP contribution < -0.4 is 5.32 Å². The minimum Gasteiger partial charge on any atom is -0.364 e. The Morgan fingerprint density at radius 2 is 2.38 bits per heavy atom. The number of hydrogen-bond acceptors (Lipinski definition) is 2. The molecule has 1 aliphatic carbocycles. The Labute approximate surface area is 48.0 Å². The molecule has 0 aromatic rings. The van der Waals surface area contributed by atoms with Crippen LogP contribution in [0.2, 0.25) is 0 Å². The Morgan fingerprint density at radius 1 is 1.62 bits per heavy atom. The Kier molecular flexibility index (Phi) is 1.48. The van der Waals surface area contributed by atoms with Crippen LogP contribution in [-0.4, -0.2) is 12.4 Å². The molecule has 3 heteroatoms. The van der Waals surface area contributed by atoms with Crippen molar-refractivity contribution < 1.29 is 0 Å². The SMILES string of the molecule is N#C/N=[C]\NC1CC1. The van der Waals surface area contributed by atoms with E-state index >= 15 is 0 Å². The van der Waals surface area contributed by atoms with Crippen molar-refractivity contribution in [2.45, 2.75) is 18.9 Å². The molecular formula is C5H6N3. The summed E-state index contributed by atoms with van der Waals surface area (Å²) in [5.41, 5.74) is 0. The van der Waals surface area contributed by atoms with E-state index in [1.807, 2.05) is 0 Å². The lowest BCUT2D eigenvalue weighted by Gasteiger charge is -1.85. The van der Waals surface area contributed by atoms with Crippen molar-refractivity contribution in [1.82, 2.24) is 5.32 Å². The zero-order chi connectivity index (χ0) is 5.82. The van der Waals surface area contributed by atoms with Gasteiger partial charge in [0.05, 0.1) is 0 Å². The molecule has 1 radical (unpaired) electrons. The maximum absolute atomic E-state index is 7.88. The van der Waals surface area contributed by atoms with Crippen LogP contribution in [0.4, 0.5) is 0 Å². The first kappa shape index (κ1) is 5.10. The molecule has 0 heterocycles. The summed E-state index contributed by atoms with van der Waals surface area (Å²) in [7, 11) is 0. The average Bonchev–Trinajstić information content (AvgIpc) is 2.51. The number of nitriles is 1. The van der Waals surface area contributed by atoms with Crippen molar-refractivity contribution in [3.63, 3.8) is 0 Å². The average molecular weight is 108 g/mol. The zero-order valence-corrected chi connectivity index (χ0v) is 4.39. The molecule has 41 valence electrons. The summed E-state index contributed by atoms with van der Waals surface area (Å²) < 4.78 is 0. The van der Waals surface area contributed by atoms with Gasteiger partial charge in [-0.2, -0.15) is 10.3 Å². The van der Waals surface area contributed by atoms with Gasteiger partial charge in [-0.15, -0.1) is 0 Å². The van der Waals surface area contributed by atoms with Gasteiger partial charge < -0.3 is 5.32 Å². The lowest BCUT2D eigenvalue weighted by atomic mass is 10.7. The van der Waals surface area contributed by atoms with E-state index in [9.17, 15) is 0 Å². The van der Waals surface area contributed by atoms with Crippen LogP contribution in [0.5, 0.6) is 0 Å². The third-order valence-electron chi connectivity index (χ3n) is 0.952. The summed E-state index contributed by atoms with van der Waals surface area (Å²) in [6.07, 6.45) is 6.39. The summed E-state index contributed by atoms with van der Waals surface area (Å²) in [6.45, 7) is 0. The van der Waals surface area contributed by atoms with Crippen molar-refractivity contribution >= 4 is 6.34 Å². The molecular weight excluding hydrogens is 102 g/mol. The quantitative estimate of drug-likeness (QED) is 0.236. The smallest absolute Gasteiger partial charge is 0.207 e. The van der Waals surface area contributed by atoms with Gasteiger partial charge in [0.2, 0.25) is 6.19 Å². The molecule has 1 saturated carbocycles. The van der Waals surface area contributed by atoms with Gasteiger partial charge in [-0.3, -0.25) is 0 Å². The summed E-state index contributed by atoms with van der Waals surface area (Å²) in [5.74, 6) is 0. The van der Waals surface area contributed by atoms with E-state index in [2.05, 4.69) is 16.6 Å². The van der Waals surface area contributed by atoms with Gasteiger partial charge in [0.25, 0.3) is 0 Å². The summed E-state index contributed by atoms with van der Waals surface area (Å²) in [5, 5.41) is 10.7. The molecule has 0 atom stereocenters. The van der Waals surface area contributed by atoms with Crippen LogP contribution in [-0.2, 0) is 0 Å². The fourth-order valence-electron chi connectivity index (χ4n) is 0.376. The summed E-state index contributed by atoms with van der Waals surface area (Å²) in [6, 6.07) is 0.548. The van der Waals surface area contributed by atoms with E-state index < -0.39 is 0 Å². The van der Waals surface area contributed by atoms with Gasteiger partial charge in [0.1, 0.15) is 0 Å². The molecule has 0 unspecified atom stereocenters. The molecule has 1 fully saturated rings. The fraction of sp³-hybridized carbons (Fsp3) is 0.600. The van der Waals surface area contributed by atoms with Gasteiger partial charge >= 0.3 is 0 Å². The molecule has 0 aromatic heterocycles. The van der Waals surface area contributed by atoms with Gasteiger partial charge in [-0.1, -0.05) is 0 Å². The molecule has 0 amide bonds. The van der Waals surface area contributed by atoms with Crippen molar-refractivity contribution in [1.29, 1.82) is 5.26 Å². The van der Waals surface area contributed by atoms with Crippen molar-refractivity contribution in [3.05, 3.63) is 0 Å². The second-order valence-electron chi connectivity index (χ2n) is 1.74. The number of nitrogens with zero attached hydrogens (tertiary/aromatic N) is 2. The highest BCUT2D eigenvalue weighted by molar-refractivity contribution is 5.56. The molecule has 1 N–H and O–H groups in total. The van der Waals surface area contributed by atoms with E-state index in [4.69, 9.17) is 5.26 Å². The Balaban J connectivity index is 2.04. The Morgan fingerprint density at radius 3 is 2.88 bits per heavy atom. The van der Waals surface area contributed by atoms with E-state index in [-0.39, 0.29) is 0 Å². The minimum atomic E-state index is 0.548. The summed E-state index contributed by atoms with van der Waals surface area (Å²) >= 11 is 0. The van der Waals surface area contributed by atoms with E-state index in [0.717, 1.165) is 0 Å². The number of aliphatic imine (C=N–C) groups is 1. The van der Waals surface area contributed by atoms with Crippen LogP contribution in [0, 0.1) is 11.5 Å². The predicted octanol–water partition coefficient (Wildman–Crippen LogP) is 0.125. The molecule has 0 aliphatic heterocycles.